The van der Waals surface area contributed by atoms with Crippen LogP contribution in [-0.4, -0.2) is 44.2 Å². The molecule has 0 aliphatic carbocycles. The summed E-state index contributed by atoms with van der Waals surface area (Å²) in [4.78, 5) is 27.6. The lowest BCUT2D eigenvalue weighted by atomic mass is 10.3. The number of nitrogens with zero attached hydrogens (tertiary/aromatic N) is 2. The summed E-state index contributed by atoms with van der Waals surface area (Å²) in [7, 11) is -2.11. The lowest BCUT2D eigenvalue weighted by Crippen LogP contribution is -2.23. The molecular formula is C21H26N4O6S2. The van der Waals surface area contributed by atoms with Crippen molar-refractivity contribution in [1.82, 2.24) is 4.98 Å². The largest absolute Gasteiger partial charge is 0.497 e. The van der Waals surface area contributed by atoms with E-state index < -0.39 is 16.1 Å². The Morgan fingerprint density at radius 3 is 2.58 bits per heavy atom. The molecule has 3 N–H and O–H groups in total. The van der Waals surface area contributed by atoms with E-state index in [1.165, 1.54) is 36.8 Å². The van der Waals surface area contributed by atoms with Gasteiger partial charge >= 0.3 is 6.09 Å². The van der Waals surface area contributed by atoms with Crippen molar-refractivity contribution >= 4 is 49.9 Å². The van der Waals surface area contributed by atoms with Gasteiger partial charge in [-0.25, -0.2) is 18.2 Å². The fourth-order valence-electron chi connectivity index (χ4n) is 3.00. The molecule has 2 amide bonds. The number of aromatic nitrogens is 1. The van der Waals surface area contributed by atoms with Crippen molar-refractivity contribution in [1.29, 1.82) is 0 Å². The molecule has 33 heavy (non-hydrogen) atoms. The van der Waals surface area contributed by atoms with E-state index >= 15 is 0 Å². The van der Waals surface area contributed by atoms with Crippen molar-refractivity contribution in [2.75, 3.05) is 28.6 Å². The third kappa shape index (κ3) is 6.67. The molecule has 10 nitrogen and oxygen atoms in total. The molecular weight excluding hydrogens is 468 g/mol. The Labute approximate surface area is 197 Å². The second kappa shape index (κ2) is 10.8. The number of hydrogen-bond donors (Lipinski definition) is 3. The van der Waals surface area contributed by atoms with Gasteiger partial charge in [-0.2, -0.15) is 0 Å². The number of ether oxygens (including phenoxy) is 1. The first-order chi connectivity index (χ1) is 15.8. The summed E-state index contributed by atoms with van der Waals surface area (Å²) in [5, 5.41) is 12.6. The van der Waals surface area contributed by atoms with Crippen LogP contribution in [0.5, 0.6) is 5.75 Å². The third-order valence-corrected chi connectivity index (χ3v) is 6.68. The van der Waals surface area contributed by atoms with Crippen molar-refractivity contribution in [2.45, 2.75) is 17.7 Å². The summed E-state index contributed by atoms with van der Waals surface area (Å²) < 4.78 is 31.7. The van der Waals surface area contributed by atoms with E-state index in [1.807, 2.05) is 0 Å². The number of amides is 2. The van der Waals surface area contributed by atoms with Crippen molar-refractivity contribution in [3.05, 3.63) is 60.1 Å². The average Bonchev–Trinajstić information content (AvgIpc) is 3.45. The van der Waals surface area contributed by atoms with Gasteiger partial charge in [0, 0.05) is 44.8 Å². The van der Waals surface area contributed by atoms with Crippen molar-refractivity contribution in [3.63, 3.8) is 0 Å². The molecule has 1 aliphatic heterocycles. The Morgan fingerprint density at radius 2 is 2.00 bits per heavy atom. The van der Waals surface area contributed by atoms with Gasteiger partial charge in [-0.05, 0) is 42.8 Å². The number of anilines is 3. The predicted octanol–water partition coefficient (Wildman–Crippen LogP) is 4.35. The minimum absolute atomic E-state index is 0. The van der Waals surface area contributed by atoms with E-state index in [4.69, 9.17) is 9.84 Å². The van der Waals surface area contributed by atoms with E-state index in [1.54, 1.807) is 46.7 Å². The zero-order valence-corrected chi connectivity index (χ0v) is 19.2. The van der Waals surface area contributed by atoms with Gasteiger partial charge in [0.15, 0.2) is 5.13 Å². The molecule has 178 valence electrons. The minimum atomic E-state index is -3.64. The second-order valence-corrected chi connectivity index (χ2v) is 9.32. The number of benzene rings is 2. The summed E-state index contributed by atoms with van der Waals surface area (Å²) in [6.07, 6.45) is 1.84. The maximum Gasteiger partial charge on any atom is 0.409 e. The molecule has 2 heterocycles. The Bertz CT molecular complexity index is 1210. The molecule has 0 radical (unpaired) electrons. The molecule has 1 aliphatic rings. The van der Waals surface area contributed by atoms with Crippen LogP contribution in [0.25, 0.3) is 0 Å². The Balaban J connectivity index is 0.000000379. The van der Waals surface area contributed by atoms with Gasteiger partial charge in [-0.1, -0.05) is 6.07 Å². The molecule has 0 spiro atoms. The van der Waals surface area contributed by atoms with Gasteiger partial charge in [0.05, 0.1) is 12.0 Å². The fraction of sp³-hybridized carbons (Fsp3) is 0.190. The number of hydrogen-bond acceptors (Lipinski definition) is 7. The number of sulfonamides is 1. The number of carbonyl (C=O) groups excluding carboxylic acids is 1. The minimum Gasteiger partial charge on any atom is -0.497 e. The highest BCUT2D eigenvalue weighted by Gasteiger charge is 2.22. The van der Waals surface area contributed by atoms with Gasteiger partial charge in [-0.15, -0.1) is 11.3 Å². The average molecular weight is 495 g/mol. The number of thiazole rings is 1. The Hall–Kier alpha value is -3.64. The van der Waals surface area contributed by atoms with Crippen LogP contribution in [0.3, 0.4) is 0 Å². The SMILES string of the molecule is COc1cccc(NC(=O)O)c1.O=C1CCCN1c1ccc(S(=O)(=O)Nc2nccs2)cc1.[HH].[HH]. The molecule has 4 rings (SSSR count). The molecule has 1 saturated heterocycles. The summed E-state index contributed by atoms with van der Waals surface area (Å²) in [6, 6.07) is 13.0. The smallest absolute Gasteiger partial charge is 0.409 e. The van der Waals surface area contributed by atoms with Crippen LogP contribution in [0.4, 0.5) is 21.3 Å². The summed E-state index contributed by atoms with van der Waals surface area (Å²) in [5.74, 6) is 0.702. The number of methoxy groups -OCH3 is 1. The maximum atomic E-state index is 12.2. The number of carboxylic acid groups (broad SMARTS) is 1. The van der Waals surface area contributed by atoms with E-state index in [9.17, 15) is 18.0 Å². The first-order valence-corrected chi connectivity index (χ1v) is 12.1. The maximum absolute atomic E-state index is 12.2. The molecule has 0 unspecified atom stereocenters. The molecule has 1 aromatic heterocycles. The van der Waals surface area contributed by atoms with Crippen LogP contribution in [0.15, 0.2) is 65.0 Å². The van der Waals surface area contributed by atoms with Crippen LogP contribution >= 0.6 is 11.3 Å². The zero-order valence-electron chi connectivity index (χ0n) is 17.6. The van der Waals surface area contributed by atoms with Crippen molar-refractivity contribution in [3.8, 4) is 5.75 Å². The van der Waals surface area contributed by atoms with E-state index in [-0.39, 0.29) is 13.7 Å². The van der Waals surface area contributed by atoms with E-state index in [0.29, 0.717) is 29.5 Å². The van der Waals surface area contributed by atoms with Crippen LogP contribution in [0, 0.1) is 0 Å². The van der Waals surface area contributed by atoms with Gasteiger partial charge in [0.1, 0.15) is 5.75 Å². The van der Waals surface area contributed by atoms with Crippen LogP contribution in [0.2, 0.25) is 0 Å². The topological polar surface area (TPSA) is 138 Å². The number of carbonyl (C=O) groups is 2. The first kappa shape index (κ1) is 24.0. The molecule has 2 aromatic carbocycles. The monoisotopic (exact) mass is 494 g/mol. The predicted molar refractivity (Wildman–Crippen MR) is 130 cm³/mol. The summed E-state index contributed by atoms with van der Waals surface area (Å²) >= 11 is 1.21. The van der Waals surface area contributed by atoms with Gasteiger partial charge in [0.25, 0.3) is 10.0 Å². The first-order valence-electron chi connectivity index (χ1n) is 9.75. The van der Waals surface area contributed by atoms with Crippen molar-refractivity contribution < 1.29 is 30.7 Å². The van der Waals surface area contributed by atoms with Gasteiger partial charge in [0.2, 0.25) is 5.91 Å². The molecule has 0 bridgehead atoms. The second-order valence-electron chi connectivity index (χ2n) is 6.75. The summed E-state index contributed by atoms with van der Waals surface area (Å²) in [6.45, 7) is 0.683. The third-order valence-electron chi connectivity index (χ3n) is 4.51. The number of nitrogens with one attached hydrogen (secondary N) is 2. The quantitative estimate of drug-likeness (QED) is 0.463. The lowest BCUT2D eigenvalue weighted by molar-refractivity contribution is -0.117. The van der Waals surface area contributed by atoms with Gasteiger partial charge in [-0.3, -0.25) is 14.8 Å². The van der Waals surface area contributed by atoms with Crippen molar-refractivity contribution in [2.24, 2.45) is 0 Å². The van der Waals surface area contributed by atoms with E-state index in [2.05, 4.69) is 15.0 Å². The van der Waals surface area contributed by atoms with Crippen LogP contribution in [0.1, 0.15) is 15.7 Å². The normalized spacial score (nSPS) is 13.1. The Kier molecular flexibility index (Phi) is 7.85. The van der Waals surface area contributed by atoms with Crippen LogP contribution < -0.4 is 19.7 Å². The molecule has 1 fully saturated rings. The Morgan fingerprint density at radius 1 is 1.24 bits per heavy atom. The van der Waals surface area contributed by atoms with Gasteiger partial charge < -0.3 is 14.7 Å². The molecule has 3 aromatic rings. The highest BCUT2D eigenvalue weighted by molar-refractivity contribution is 7.93. The number of rotatable bonds is 6. The van der Waals surface area contributed by atoms with E-state index in [0.717, 1.165) is 12.1 Å². The molecule has 0 saturated carbocycles. The molecule has 0 atom stereocenters. The highest BCUT2D eigenvalue weighted by atomic mass is 32.2. The standard InChI is InChI=1S/C13H13N3O3S2.C8H9NO3.2H2/c17-12-2-1-8-16(12)10-3-5-11(6-4-10)21(18,19)15-13-14-7-9-20-13;1-12-7-4-2-3-6(5-7)9-8(10)11;;/h3-7,9H,1-2,8H2,(H,14,15);2-5,9H,1H3,(H,10,11);2*1H. The zero-order chi connectivity index (χ0) is 23.8. The molecule has 12 heteroatoms. The summed E-state index contributed by atoms with van der Waals surface area (Å²) in [5.41, 5.74) is 1.23. The lowest BCUT2D eigenvalue weighted by Gasteiger charge is -2.16. The van der Waals surface area contributed by atoms with Crippen LogP contribution in [-0.2, 0) is 14.8 Å². The highest BCUT2D eigenvalue weighted by Crippen LogP contribution is 2.24. The fourth-order valence-corrected chi connectivity index (χ4v) is 4.79.